The first-order valence-electron chi connectivity index (χ1n) is 11.5. The smallest absolute Gasteiger partial charge is 0.537 e. The molecule has 2 nitrogen and oxygen atoms in total. The molecule has 0 heterocycles. The van der Waals surface area contributed by atoms with Crippen LogP contribution in [0.2, 0.25) is 0 Å². The fourth-order valence-electron chi connectivity index (χ4n) is 6.06. The summed E-state index contributed by atoms with van der Waals surface area (Å²) in [6, 6.07) is 41.2. The third-order valence-electron chi connectivity index (χ3n) is 7.37. The molecule has 0 fully saturated rings. The van der Waals surface area contributed by atoms with Crippen LogP contribution in [-0.4, -0.2) is 12.7 Å². The molecule has 3 heteroatoms. The van der Waals surface area contributed by atoms with Gasteiger partial charge in [-0.1, -0.05) is 97.1 Å². The largest absolute Gasteiger partial charge is 0.569 e. The molecule has 0 unspecified atom stereocenters. The van der Waals surface area contributed by atoms with Gasteiger partial charge in [0.05, 0.1) is 5.41 Å². The monoisotopic (exact) mass is 435 g/mol. The van der Waals surface area contributed by atoms with E-state index in [1.165, 1.54) is 44.5 Å². The van der Waals surface area contributed by atoms with Gasteiger partial charge in [0, 0.05) is 0 Å². The molecule has 0 aliphatic heterocycles. The zero-order chi connectivity index (χ0) is 22.7. The van der Waals surface area contributed by atoms with E-state index in [1.807, 2.05) is 24.3 Å². The number of benzene rings is 5. The van der Waals surface area contributed by atoms with Gasteiger partial charge < -0.3 is 9.68 Å². The number of rotatable bonds is 3. The average Bonchev–Trinajstić information content (AvgIpc) is 3.36. The van der Waals surface area contributed by atoms with E-state index in [0.29, 0.717) is 13.4 Å². The zero-order valence-electron chi connectivity index (χ0n) is 18.4. The van der Waals surface area contributed by atoms with Crippen molar-refractivity contribution < 1.29 is 9.68 Å². The standard InChI is InChI=1S/C31H20BO2/c33-32-34-22-16-13-20(14-17-22)21-15-18-26-25-9-3-6-12-29(25)31(30(26)19-21)27-10-4-1-7-23(27)24-8-2-5-11-28(24)31/h1-19,33H. The molecule has 2 aliphatic carbocycles. The molecular formula is C31H20BO2. The van der Waals surface area contributed by atoms with Crippen molar-refractivity contribution in [2.24, 2.45) is 0 Å². The van der Waals surface area contributed by atoms with Crippen LogP contribution in [0.1, 0.15) is 22.3 Å². The SMILES string of the molecule is O[B]Oc1ccc(-c2ccc3c(c2)C2(c4ccccc4-c4ccccc42)c2ccccc2-3)cc1. The Kier molecular flexibility index (Phi) is 4.11. The Bertz CT molecular complexity index is 1510. The third-order valence-corrected chi connectivity index (χ3v) is 7.37. The molecular weight excluding hydrogens is 415 g/mol. The zero-order valence-corrected chi connectivity index (χ0v) is 18.4. The van der Waals surface area contributed by atoms with Crippen LogP contribution in [0.5, 0.6) is 5.75 Å². The van der Waals surface area contributed by atoms with Crippen LogP contribution < -0.4 is 4.65 Å². The van der Waals surface area contributed by atoms with Gasteiger partial charge >= 0.3 is 7.69 Å². The van der Waals surface area contributed by atoms with Crippen LogP contribution in [0.4, 0.5) is 0 Å². The lowest BCUT2D eigenvalue weighted by atomic mass is 9.70. The summed E-state index contributed by atoms with van der Waals surface area (Å²) in [5.41, 5.74) is 12.5. The lowest BCUT2D eigenvalue weighted by molar-refractivity contribution is 0.454. The normalized spacial score (nSPS) is 13.7. The summed E-state index contributed by atoms with van der Waals surface area (Å²) in [6.07, 6.45) is 0. The summed E-state index contributed by atoms with van der Waals surface area (Å²) in [5.74, 6) is 0.606. The summed E-state index contributed by atoms with van der Waals surface area (Å²) >= 11 is 0. The van der Waals surface area contributed by atoms with E-state index < -0.39 is 0 Å². The minimum absolute atomic E-state index is 0.329. The van der Waals surface area contributed by atoms with E-state index >= 15 is 0 Å². The molecule has 1 spiro atoms. The van der Waals surface area contributed by atoms with E-state index in [9.17, 15) is 0 Å². The maximum atomic E-state index is 8.93. The summed E-state index contributed by atoms with van der Waals surface area (Å²) < 4.78 is 5.10. The van der Waals surface area contributed by atoms with Crippen LogP contribution in [0.25, 0.3) is 33.4 Å². The average molecular weight is 435 g/mol. The fraction of sp³-hybridized carbons (Fsp3) is 0.0323. The van der Waals surface area contributed by atoms with Crippen molar-refractivity contribution in [3.8, 4) is 39.1 Å². The lowest BCUT2D eigenvalue weighted by Gasteiger charge is -2.30. The van der Waals surface area contributed by atoms with Gasteiger partial charge in [-0.3, -0.25) is 0 Å². The highest BCUT2D eigenvalue weighted by Gasteiger charge is 2.51. The molecule has 5 aromatic rings. The first-order valence-corrected chi connectivity index (χ1v) is 11.5. The van der Waals surface area contributed by atoms with E-state index in [0.717, 1.165) is 11.1 Å². The Balaban J connectivity index is 1.53. The number of fused-ring (bicyclic) bond motifs is 10. The highest BCUT2D eigenvalue weighted by molar-refractivity contribution is 6.17. The van der Waals surface area contributed by atoms with Gasteiger partial charge in [0.2, 0.25) is 0 Å². The molecule has 2 aliphatic rings. The predicted octanol–water partition coefficient (Wildman–Crippen LogP) is 6.60. The second-order valence-corrected chi connectivity index (χ2v) is 8.89. The minimum Gasteiger partial charge on any atom is -0.537 e. The Hall–Kier alpha value is -4.08. The van der Waals surface area contributed by atoms with Crippen molar-refractivity contribution in [1.82, 2.24) is 0 Å². The van der Waals surface area contributed by atoms with Gasteiger partial charge in [0.1, 0.15) is 5.75 Å². The summed E-state index contributed by atoms with van der Waals surface area (Å²) in [7, 11) is 0.709. The van der Waals surface area contributed by atoms with Crippen LogP contribution in [0, 0.1) is 0 Å². The molecule has 0 saturated carbocycles. The van der Waals surface area contributed by atoms with Crippen LogP contribution in [0.15, 0.2) is 115 Å². The van der Waals surface area contributed by atoms with Crippen molar-refractivity contribution in [1.29, 1.82) is 0 Å². The van der Waals surface area contributed by atoms with Crippen molar-refractivity contribution in [2.45, 2.75) is 5.41 Å². The van der Waals surface area contributed by atoms with E-state index in [1.54, 1.807) is 0 Å². The first kappa shape index (κ1) is 19.4. The summed E-state index contributed by atoms with van der Waals surface area (Å²) in [6.45, 7) is 0. The minimum atomic E-state index is -0.329. The van der Waals surface area contributed by atoms with Crippen LogP contribution in [0.3, 0.4) is 0 Å². The van der Waals surface area contributed by atoms with Gasteiger partial charge in [-0.2, -0.15) is 0 Å². The highest BCUT2D eigenvalue weighted by atomic mass is 16.5. The molecule has 7 rings (SSSR count). The molecule has 0 aromatic heterocycles. The lowest BCUT2D eigenvalue weighted by Crippen LogP contribution is -2.25. The molecule has 0 amide bonds. The molecule has 1 N–H and O–H groups in total. The van der Waals surface area contributed by atoms with Gasteiger partial charge in [-0.05, 0) is 73.8 Å². The third kappa shape index (κ3) is 2.45. The molecule has 0 bridgehead atoms. The first-order chi connectivity index (χ1) is 16.8. The topological polar surface area (TPSA) is 29.5 Å². The van der Waals surface area contributed by atoms with Gasteiger partial charge in [0.25, 0.3) is 0 Å². The fourth-order valence-corrected chi connectivity index (χ4v) is 6.06. The predicted molar refractivity (Wildman–Crippen MR) is 137 cm³/mol. The highest BCUT2D eigenvalue weighted by Crippen LogP contribution is 2.62. The molecule has 5 aromatic carbocycles. The Morgan fingerprint density at radius 3 is 1.50 bits per heavy atom. The van der Waals surface area contributed by atoms with Crippen molar-refractivity contribution in [2.75, 3.05) is 0 Å². The molecule has 159 valence electrons. The van der Waals surface area contributed by atoms with Crippen molar-refractivity contribution in [3.05, 3.63) is 138 Å². The van der Waals surface area contributed by atoms with Crippen LogP contribution >= 0.6 is 0 Å². The second-order valence-electron chi connectivity index (χ2n) is 8.89. The van der Waals surface area contributed by atoms with Crippen LogP contribution in [-0.2, 0) is 5.41 Å². The summed E-state index contributed by atoms with van der Waals surface area (Å²) in [5, 5.41) is 8.93. The maximum absolute atomic E-state index is 8.93. The van der Waals surface area contributed by atoms with Gasteiger partial charge in [-0.15, -0.1) is 0 Å². The Morgan fingerprint density at radius 2 is 0.971 bits per heavy atom. The Labute approximate surface area is 199 Å². The van der Waals surface area contributed by atoms with Gasteiger partial charge in [0.15, 0.2) is 0 Å². The number of hydrogen-bond acceptors (Lipinski definition) is 2. The van der Waals surface area contributed by atoms with E-state index in [-0.39, 0.29) is 5.41 Å². The Morgan fingerprint density at radius 1 is 0.500 bits per heavy atom. The second kappa shape index (κ2) is 7.21. The molecule has 34 heavy (non-hydrogen) atoms. The number of hydrogen-bond donors (Lipinski definition) is 1. The molecule has 0 atom stereocenters. The maximum Gasteiger partial charge on any atom is 0.569 e. The molecule has 0 saturated heterocycles. The van der Waals surface area contributed by atoms with E-state index in [4.69, 9.17) is 9.68 Å². The van der Waals surface area contributed by atoms with Gasteiger partial charge in [-0.25, -0.2) is 0 Å². The van der Waals surface area contributed by atoms with Crippen molar-refractivity contribution in [3.63, 3.8) is 0 Å². The van der Waals surface area contributed by atoms with E-state index in [2.05, 4.69) is 91.0 Å². The molecule has 1 radical (unpaired) electrons. The van der Waals surface area contributed by atoms with Crippen molar-refractivity contribution >= 4 is 7.69 Å². The quantitative estimate of drug-likeness (QED) is 0.317. The summed E-state index contributed by atoms with van der Waals surface area (Å²) in [4.78, 5) is 0.